The molecule has 2 aliphatic rings. The van der Waals surface area contributed by atoms with Crippen molar-refractivity contribution in [3.63, 3.8) is 0 Å². The number of benzene rings is 1. The highest BCUT2D eigenvalue weighted by Crippen LogP contribution is 2.46. The molecule has 126 valence electrons. The maximum Gasteiger partial charge on any atom is 0.254 e. The summed E-state index contributed by atoms with van der Waals surface area (Å²) < 4.78 is 24.2. The highest BCUT2D eigenvalue weighted by atomic mass is 19.1. The lowest BCUT2D eigenvalue weighted by molar-refractivity contribution is -0.0295. The molecule has 3 rings (SSSR count). The van der Waals surface area contributed by atoms with Gasteiger partial charge in [-0.05, 0) is 43.9 Å². The molecule has 1 heterocycles. The third-order valence-electron chi connectivity index (χ3n) is 5.40. The lowest BCUT2D eigenvalue weighted by Gasteiger charge is -2.43. The van der Waals surface area contributed by atoms with E-state index in [-0.39, 0.29) is 23.2 Å². The van der Waals surface area contributed by atoms with Crippen molar-refractivity contribution in [2.45, 2.75) is 38.2 Å². The summed E-state index contributed by atoms with van der Waals surface area (Å²) in [6.45, 7) is 1.47. The van der Waals surface area contributed by atoms with E-state index in [0.717, 1.165) is 45.2 Å². The molecule has 1 aliphatic heterocycles. The minimum absolute atomic E-state index is 0.0517. The van der Waals surface area contributed by atoms with Crippen molar-refractivity contribution in [3.05, 3.63) is 29.6 Å². The Morgan fingerprint density at radius 3 is 2.83 bits per heavy atom. The van der Waals surface area contributed by atoms with E-state index in [9.17, 15) is 9.18 Å². The van der Waals surface area contributed by atoms with Gasteiger partial charge in [-0.3, -0.25) is 4.79 Å². The molecule has 4 nitrogen and oxygen atoms in total. The molecule has 2 fully saturated rings. The van der Waals surface area contributed by atoms with Crippen molar-refractivity contribution < 1.29 is 18.7 Å². The van der Waals surface area contributed by atoms with Gasteiger partial charge in [-0.1, -0.05) is 6.42 Å². The number of carbonyl (C=O) groups is 1. The fraction of sp³-hybridized carbons (Fsp3) is 0.611. The molecule has 1 saturated carbocycles. The highest BCUT2D eigenvalue weighted by Gasteiger charge is 2.46. The fourth-order valence-corrected chi connectivity index (χ4v) is 4.25. The monoisotopic (exact) mass is 321 g/mol. The summed E-state index contributed by atoms with van der Waals surface area (Å²) in [6, 6.07) is 4.31. The van der Waals surface area contributed by atoms with E-state index in [0.29, 0.717) is 5.56 Å². The molecule has 23 heavy (non-hydrogen) atoms. The molecule has 0 unspecified atom stereocenters. The maximum absolute atomic E-state index is 13.5. The van der Waals surface area contributed by atoms with E-state index in [2.05, 4.69) is 0 Å². The molecule has 1 spiro atoms. The van der Waals surface area contributed by atoms with Crippen LogP contribution in [0.25, 0.3) is 0 Å². The van der Waals surface area contributed by atoms with Crippen LogP contribution >= 0.6 is 0 Å². The number of methoxy groups -OCH3 is 2. The second-order valence-corrected chi connectivity index (χ2v) is 6.66. The van der Waals surface area contributed by atoms with Crippen LogP contribution in [0.2, 0.25) is 0 Å². The zero-order valence-electron chi connectivity index (χ0n) is 13.8. The Morgan fingerprint density at radius 2 is 2.09 bits per heavy atom. The van der Waals surface area contributed by atoms with Crippen LogP contribution in [0.5, 0.6) is 5.75 Å². The minimum atomic E-state index is -0.450. The Bertz CT molecular complexity index is 592. The number of halogens is 1. The van der Waals surface area contributed by atoms with Gasteiger partial charge >= 0.3 is 0 Å². The fourth-order valence-electron chi connectivity index (χ4n) is 4.25. The Hall–Kier alpha value is -1.62. The maximum atomic E-state index is 13.5. The molecule has 0 N–H and O–H groups in total. The highest BCUT2D eigenvalue weighted by molar-refractivity contribution is 5.94. The number of carbonyl (C=O) groups excluding carboxylic acids is 1. The second-order valence-electron chi connectivity index (χ2n) is 6.66. The molecule has 1 aliphatic carbocycles. The predicted octanol–water partition coefficient (Wildman–Crippen LogP) is 3.26. The van der Waals surface area contributed by atoms with E-state index in [1.807, 2.05) is 4.90 Å². The number of ether oxygens (including phenoxy) is 2. The van der Waals surface area contributed by atoms with Crippen LogP contribution in [0.4, 0.5) is 4.39 Å². The molecule has 1 saturated heterocycles. The minimum Gasteiger partial charge on any atom is -0.494 e. The molecule has 1 aromatic carbocycles. The summed E-state index contributed by atoms with van der Waals surface area (Å²) in [5.74, 6) is -0.392. The van der Waals surface area contributed by atoms with Crippen LogP contribution < -0.4 is 4.74 Å². The quantitative estimate of drug-likeness (QED) is 0.858. The summed E-state index contributed by atoms with van der Waals surface area (Å²) in [5, 5.41) is 0. The zero-order valence-corrected chi connectivity index (χ0v) is 13.8. The number of piperidine rings is 1. The molecule has 5 heteroatoms. The van der Waals surface area contributed by atoms with Crippen LogP contribution in [-0.2, 0) is 4.74 Å². The first-order valence-electron chi connectivity index (χ1n) is 8.25. The SMILES string of the molecule is COc1cc(C(=O)N2CCC[C@]3(CCC[C@H]3OC)C2)ccc1F. The average Bonchev–Trinajstić information content (AvgIpc) is 2.96. The van der Waals surface area contributed by atoms with Gasteiger partial charge in [0.2, 0.25) is 0 Å². The van der Waals surface area contributed by atoms with Crippen LogP contribution in [0.3, 0.4) is 0 Å². The first-order valence-corrected chi connectivity index (χ1v) is 8.25. The van der Waals surface area contributed by atoms with E-state index < -0.39 is 5.82 Å². The van der Waals surface area contributed by atoms with Crippen molar-refractivity contribution in [1.29, 1.82) is 0 Å². The van der Waals surface area contributed by atoms with E-state index in [4.69, 9.17) is 9.47 Å². The molecule has 2 atom stereocenters. The van der Waals surface area contributed by atoms with Crippen LogP contribution in [0, 0.1) is 11.2 Å². The smallest absolute Gasteiger partial charge is 0.254 e. The molecular formula is C18H24FNO3. The van der Waals surface area contributed by atoms with Gasteiger partial charge in [0, 0.05) is 31.2 Å². The summed E-state index contributed by atoms with van der Waals surface area (Å²) in [4.78, 5) is 14.7. The summed E-state index contributed by atoms with van der Waals surface area (Å²) >= 11 is 0. The Labute approximate surface area is 136 Å². The molecule has 1 amide bonds. The van der Waals surface area contributed by atoms with Gasteiger partial charge in [0.05, 0.1) is 13.2 Å². The number of hydrogen-bond donors (Lipinski definition) is 0. The second kappa shape index (κ2) is 6.48. The van der Waals surface area contributed by atoms with Crippen molar-refractivity contribution in [2.24, 2.45) is 5.41 Å². The van der Waals surface area contributed by atoms with Gasteiger partial charge in [0.1, 0.15) is 0 Å². The van der Waals surface area contributed by atoms with Crippen LogP contribution in [-0.4, -0.2) is 44.2 Å². The summed E-state index contributed by atoms with van der Waals surface area (Å²) in [7, 11) is 3.17. The molecular weight excluding hydrogens is 297 g/mol. The van der Waals surface area contributed by atoms with Crippen molar-refractivity contribution >= 4 is 5.91 Å². The first kappa shape index (κ1) is 16.2. The standard InChI is InChI=1S/C18H24FNO3/c1-22-15-11-13(6-7-14(15)19)17(21)20-10-4-9-18(12-20)8-3-5-16(18)23-2/h6-7,11,16H,3-5,8-10,12H2,1-2H3/t16-,18-/m1/s1. The number of hydrogen-bond acceptors (Lipinski definition) is 3. The topological polar surface area (TPSA) is 38.8 Å². The van der Waals surface area contributed by atoms with E-state index >= 15 is 0 Å². The lowest BCUT2D eigenvalue weighted by atomic mass is 9.76. The third kappa shape index (κ3) is 2.94. The molecule has 0 radical (unpaired) electrons. The van der Waals surface area contributed by atoms with Gasteiger partial charge in [-0.25, -0.2) is 4.39 Å². The van der Waals surface area contributed by atoms with E-state index in [1.54, 1.807) is 7.11 Å². The van der Waals surface area contributed by atoms with E-state index in [1.165, 1.54) is 25.3 Å². The van der Waals surface area contributed by atoms with Crippen LogP contribution in [0.15, 0.2) is 18.2 Å². The third-order valence-corrected chi connectivity index (χ3v) is 5.40. The molecule has 1 aromatic rings. The van der Waals surface area contributed by atoms with Crippen molar-refractivity contribution in [2.75, 3.05) is 27.3 Å². The first-order chi connectivity index (χ1) is 11.1. The Kier molecular flexibility index (Phi) is 4.57. The van der Waals surface area contributed by atoms with Gasteiger partial charge in [-0.2, -0.15) is 0 Å². The number of amides is 1. The Morgan fingerprint density at radius 1 is 1.30 bits per heavy atom. The van der Waals surface area contributed by atoms with Gasteiger partial charge < -0.3 is 14.4 Å². The Balaban J connectivity index is 1.80. The summed E-state index contributed by atoms with van der Waals surface area (Å²) in [6.07, 6.45) is 5.68. The number of likely N-dealkylation sites (tertiary alicyclic amines) is 1. The van der Waals surface area contributed by atoms with Gasteiger partial charge in [0.25, 0.3) is 5.91 Å². The van der Waals surface area contributed by atoms with Gasteiger partial charge in [0.15, 0.2) is 11.6 Å². The normalized spacial score (nSPS) is 27.4. The summed E-state index contributed by atoms with van der Waals surface area (Å²) in [5.41, 5.74) is 0.569. The average molecular weight is 321 g/mol. The molecule has 0 aromatic heterocycles. The largest absolute Gasteiger partial charge is 0.494 e. The molecule has 0 bridgehead atoms. The number of rotatable bonds is 3. The predicted molar refractivity (Wildman–Crippen MR) is 85.2 cm³/mol. The van der Waals surface area contributed by atoms with Crippen molar-refractivity contribution in [1.82, 2.24) is 4.90 Å². The zero-order chi connectivity index (χ0) is 16.4. The number of nitrogens with zero attached hydrogens (tertiary/aromatic N) is 1. The van der Waals surface area contributed by atoms with Crippen LogP contribution in [0.1, 0.15) is 42.5 Å². The lowest BCUT2D eigenvalue weighted by Crippen LogP contribution is -2.49. The van der Waals surface area contributed by atoms with Gasteiger partial charge in [-0.15, -0.1) is 0 Å². The van der Waals surface area contributed by atoms with Crippen molar-refractivity contribution in [3.8, 4) is 5.75 Å².